The molecule has 1 aromatic heterocycles. The van der Waals surface area contributed by atoms with E-state index in [4.69, 9.17) is 17.3 Å². The number of nitrogen functional groups attached to an aromatic ring is 1. The second kappa shape index (κ2) is 3.64. The summed E-state index contributed by atoms with van der Waals surface area (Å²) in [4.78, 5) is 7.85. The normalized spacial score (nSPS) is 10.1. The maximum absolute atomic E-state index is 5.88. The molecule has 0 aliphatic heterocycles. The zero-order chi connectivity index (χ0) is 9.97. The average molecular weight is 206 g/mol. The summed E-state index contributed by atoms with van der Waals surface area (Å²) < 4.78 is 0. The van der Waals surface area contributed by atoms with Crippen LogP contribution in [0.4, 0.5) is 5.69 Å². The molecule has 2 aromatic rings. The van der Waals surface area contributed by atoms with Crippen molar-refractivity contribution in [2.75, 3.05) is 5.73 Å². The van der Waals surface area contributed by atoms with E-state index in [0.717, 1.165) is 11.1 Å². The van der Waals surface area contributed by atoms with Gasteiger partial charge < -0.3 is 5.73 Å². The second-order valence-electron chi connectivity index (χ2n) is 2.90. The Bertz CT molecular complexity index is 422. The molecule has 4 heteroatoms. The SMILES string of the molecule is Nc1cc(Cl)cc(-c2cncnc2)c1. The van der Waals surface area contributed by atoms with E-state index in [1.54, 1.807) is 18.5 Å². The molecule has 0 unspecified atom stereocenters. The summed E-state index contributed by atoms with van der Waals surface area (Å²) in [5.74, 6) is 0. The zero-order valence-electron chi connectivity index (χ0n) is 7.31. The van der Waals surface area contributed by atoms with Crippen LogP contribution >= 0.6 is 11.6 Å². The number of nitrogens with two attached hydrogens (primary N) is 1. The number of halogens is 1. The summed E-state index contributed by atoms with van der Waals surface area (Å²) in [5.41, 5.74) is 8.14. The van der Waals surface area contributed by atoms with Crippen molar-refractivity contribution in [1.29, 1.82) is 0 Å². The van der Waals surface area contributed by atoms with Gasteiger partial charge in [0.2, 0.25) is 0 Å². The minimum atomic E-state index is 0.615. The van der Waals surface area contributed by atoms with Gasteiger partial charge in [-0.3, -0.25) is 0 Å². The Hall–Kier alpha value is -1.61. The van der Waals surface area contributed by atoms with Crippen LogP contribution in [-0.2, 0) is 0 Å². The molecule has 0 saturated heterocycles. The Kier molecular flexibility index (Phi) is 2.33. The van der Waals surface area contributed by atoms with Crippen molar-refractivity contribution in [3.05, 3.63) is 41.9 Å². The Morgan fingerprint density at radius 2 is 1.71 bits per heavy atom. The van der Waals surface area contributed by atoms with Gasteiger partial charge in [-0.15, -0.1) is 0 Å². The van der Waals surface area contributed by atoms with Gasteiger partial charge in [0, 0.05) is 28.7 Å². The highest BCUT2D eigenvalue weighted by molar-refractivity contribution is 6.31. The van der Waals surface area contributed by atoms with Crippen LogP contribution in [0.2, 0.25) is 5.02 Å². The molecule has 0 aliphatic rings. The van der Waals surface area contributed by atoms with E-state index >= 15 is 0 Å². The molecule has 14 heavy (non-hydrogen) atoms. The Morgan fingerprint density at radius 3 is 2.36 bits per heavy atom. The maximum Gasteiger partial charge on any atom is 0.115 e. The minimum absolute atomic E-state index is 0.615. The van der Waals surface area contributed by atoms with E-state index in [2.05, 4.69) is 9.97 Å². The lowest BCUT2D eigenvalue weighted by Crippen LogP contribution is -1.87. The van der Waals surface area contributed by atoms with Gasteiger partial charge in [0.25, 0.3) is 0 Å². The highest BCUT2D eigenvalue weighted by Gasteiger charge is 2.00. The fourth-order valence-corrected chi connectivity index (χ4v) is 1.47. The van der Waals surface area contributed by atoms with Crippen LogP contribution in [0.15, 0.2) is 36.9 Å². The van der Waals surface area contributed by atoms with Crippen LogP contribution in [0.1, 0.15) is 0 Å². The third kappa shape index (κ3) is 1.83. The van der Waals surface area contributed by atoms with Crippen molar-refractivity contribution in [3.63, 3.8) is 0 Å². The average Bonchev–Trinajstić information content (AvgIpc) is 2.18. The molecule has 0 saturated carbocycles. The van der Waals surface area contributed by atoms with Gasteiger partial charge >= 0.3 is 0 Å². The van der Waals surface area contributed by atoms with E-state index in [0.29, 0.717) is 10.7 Å². The molecule has 1 aromatic carbocycles. The number of rotatable bonds is 1. The molecule has 2 rings (SSSR count). The Morgan fingerprint density at radius 1 is 1.00 bits per heavy atom. The smallest absolute Gasteiger partial charge is 0.115 e. The van der Waals surface area contributed by atoms with E-state index in [-0.39, 0.29) is 0 Å². The number of hydrogen-bond donors (Lipinski definition) is 1. The number of benzene rings is 1. The molecule has 0 spiro atoms. The number of hydrogen-bond acceptors (Lipinski definition) is 3. The molecule has 70 valence electrons. The van der Waals surface area contributed by atoms with Crippen LogP contribution in [0.5, 0.6) is 0 Å². The van der Waals surface area contributed by atoms with Crippen LogP contribution < -0.4 is 5.73 Å². The number of aromatic nitrogens is 2. The third-order valence-corrected chi connectivity index (χ3v) is 2.03. The van der Waals surface area contributed by atoms with Crippen LogP contribution in [0.25, 0.3) is 11.1 Å². The molecule has 0 bridgehead atoms. The van der Waals surface area contributed by atoms with E-state index < -0.39 is 0 Å². The highest BCUT2D eigenvalue weighted by atomic mass is 35.5. The molecule has 0 aliphatic carbocycles. The first-order chi connectivity index (χ1) is 6.75. The summed E-state index contributed by atoms with van der Waals surface area (Å²) in [6.07, 6.45) is 4.92. The van der Waals surface area contributed by atoms with Gasteiger partial charge in [-0.05, 0) is 23.8 Å². The van der Waals surface area contributed by atoms with E-state index in [9.17, 15) is 0 Å². The molecular formula is C10H8ClN3. The first kappa shape index (κ1) is 8.97. The lowest BCUT2D eigenvalue weighted by Gasteiger charge is -2.02. The summed E-state index contributed by atoms with van der Waals surface area (Å²) in [6, 6.07) is 5.37. The summed E-state index contributed by atoms with van der Waals surface area (Å²) in [7, 11) is 0. The van der Waals surface area contributed by atoms with Crippen LogP contribution in [0.3, 0.4) is 0 Å². The fourth-order valence-electron chi connectivity index (χ4n) is 1.23. The molecule has 0 fully saturated rings. The van der Waals surface area contributed by atoms with Gasteiger partial charge in [0.05, 0.1) is 0 Å². The first-order valence-electron chi connectivity index (χ1n) is 4.07. The van der Waals surface area contributed by atoms with Gasteiger partial charge in [-0.25, -0.2) is 9.97 Å². The molecule has 1 heterocycles. The molecule has 0 atom stereocenters. The summed E-state index contributed by atoms with van der Waals surface area (Å²) in [5, 5.41) is 0.615. The Labute approximate surface area is 86.6 Å². The van der Waals surface area contributed by atoms with Crippen molar-refractivity contribution in [3.8, 4) is 11.1 Å². The predicted octanol–water partition coefficient (Wildman–Crippen LogP) is 2.38. The molecule has 0 amide bonds. The third-order valence-electron chi connectivity index (χ3n) is 1.81. The maximum atomic E-state index is 5.88. The zero-order valence-corrected chi connectivity index (χ0v) is 8.07. The Balaban J connectivity index is 2.52. The van der Waals surface area contributed by atoms with Crippen molar-refractivity contribution < 1.29 is 0 Å². The van der Waals surface area contributed by atoms with Crippen molar-refractivity contribution in [1.82, 2.24) is 9.97 Å². The summed E-state index contributed by atoms with van der Waals surface area (Å²) in [6.45, 7) is 0. The molecule has 0 radical (unpaired) electrons. The standard InChI is InChI=1S/C10H8ClN3/c11-9-1-7(2-10(12)3-9)8-4-13-6-14-5-8/h1-6H,12H2. The molecule has 2 N–H and O–H groups in total. The minimum Gasteiger partial charge on any atom is -0.399 e. The van der Waals surface area contributed by atoms with E-state index in [1.807, 2.05) is 12.1 Å². The number of nitrogens with zero attached hydrogens (tertiary/aromatic N) is 2. The van der Waals surface area contributed by atoms with E-state index in [1.165, 1.54) is 6.33 Å². The van der Waals surface area contributed by atoms with Crippen molar-refractivity contribution in [2.24, 2.45) is 0 Å². The van der Waals surface area contributed by atoms with Crippen LogP contribution in [-0.4, -0.2) is 9.97 Å². The van der Waals surface area contributed by atoms with Crippen molar-refractivity contribution >= 4 is 17.3 Å². The number of anilines is 1. The fraction of sp³-hybridized carbons (Fsp3) is 0. The topological polar surface area (TPSA) is 51.8 Å². The largest absolute Gasteiger partial charge is 0.399 e. The summed E-state index contributed by atoms with van der Waals surface area (Å²) >= 11 is 5.88. The quantitative estimate of drug-likeness (QED) is 0.728. The van der Waals surface area contributed by atoms with Gasteiger partial charge in [-0.1, -0.05) is 11.6 Å². The van der Waals surface area contributed by atoms with Crippen molar-refractivity contribution in [2.45, 2.75) is 0 Å². The van der Waals surface area contributed by atoms with Gasteiger partial charge in [-0.2, -0.15) is 0 Å². The first-order valence-corrected chi connectivity index (χ1v) is 4.45. The van der Waals surface area contributed by atoms with Gasteiger partial charge in [0.1, 0.15) is 6.33 Å². The second-order valence-corrected chi connectivity index (χ2v) is 3.34. The predicted molar refractivity (Wildman–Crippen MR) is 56.9 cm³/mol. The highest BCUT2D eigenvalue weighted by Crippen LogP contribution is 2.24. The molecular weight excluding hydrogens is 198 g/mol. The lowest BCUT2D eigenvalue weighted by molar-refractivity contribution is 1.17. The van der Waals surface area contributed by atoms with Gasteiger partial charge in [0.15, 0.2) is 0 Å². The molecule has 3 nitrogen and oxygen atoms in total. The monoisotopic (exact) mass is 205 g/mol. The lowest BCUT2D eigenvalue weighted by atomic mass is 10.1. The van der Waals surface area contributed by atoms with Crippen LogP contribution in [0, 0.1) is 0 Å².